The van der Waals surface area contributed by atoms with Gasteiger partial charge < -0.3 is 14.7 Å². The largest absolute Gasteiger partial charge is 0.491 e. The van der Waals surface area contributed by atoms with Crippen molar-refractivity contribution in [2.75, 3.05) is 23.9 Å². The Morgan fingerprint density at radius 3 is 2.61 bits per heavy atom. The highest BCUT2D eigenvalue weighted by molar-refractivity contribution is 7.91. The van der Waals surface area contributed by atoms with E-state index < -0.39 is 45.5 Å². The molecule has 230 valence electrons. The van der Waals surface area contributed by atoms with Gasteiger partial charge in [-0.05, 0) is 66.3 Å². The lowest BCUT2D eigenvalue weighted by atomic mass is 9.93. The van der Waals surface area contributed by atoms with E-state index in [1.165, 1.54) is 41.1 Å². The highest BCUT2D eigenvalue weighted by atomic mass is 32.2. The maximum atomic E-state index is 14.7. The Labute approximate surface area is 254 Å². The van der Waals surface area contributed by atoms with Crippen LogP contribution in [0.15, 0.2) is 84.0 Å². The van der Waals surface area contributed by atoms with Crippen molar-refractivity contribution in [3.63, 3.8) is 0 Å². The number of pyridine rings is 1. The molecule has 0 spiro atoms. The number of ether oxygens (including phenoxy) is 1. The standard InChI is InChI=1S/C32H33FN4O6S/c1-3-43-27-18-21(10-12-26(27)33)29(37(34)23-11-9-22-19-35-15-13-20(22)17-23)31(38)36-16-14-25(32(39)40)30(36)24-7-5-6-8-28(24)44(41,42)4-2/h5-13,15,17-19,25,29-30H,3-4,14,16,34H2,1-2H3,(H,39,40)/t25?,29-,30?/m1/s1. The zero-order valence-corrected chi connectivity index (χ0v) is 25.1. The van der Waals surface area contributed by atoms with Gasteiger partial charge in [0.25, 0.3) is 5.91 Å². The molecule has 2 heterocycles. The summed E-state index contributed by atoms with van der Waals surface area (Å²) in [7, 11) is -3.76. The van der Waals surface area contributed by atoms with Gasteiger partial charge in [0, 0.05) is 24.3 Å². The van der Waals surface area contributed by atoms with Crippen LogP contribution in [0.2, 0.25) is 0 Å². The molecule has 1 aromatic heterocycles. The van der Waals surface area contributed by atoms with Crippen LogP contribution in [0.4, 0.5) is 10.1 Å². The van der Waals surface area contributed by atoms with E-state index in [-0.39, 0.29) is 41.5 Å². The van der Waals surface area contributed by atoms with Gasteiger partial charge in [-0.2, -0.15) is 0 Å². The lowest BCUT2D eigenvalue weighted by Gasteiger charge is -2.36. The fourth-order valence-electron chi connectivity index (χ4n) is 5.76. The van der Waals surface area contributed by atoms with Gasteiger partial charge in [0.2, 0.25) is 0 Å². The molecule has 1 aliphatic heterocycles. The van der Waals surface area contributed by atoms with Crippen LogP contribution >= 0.6 is 0 Å². The van der Waals surface area contributed by atoms with E-state index in [0.717, 1.165) is 10.8 Å². The number of halogens is 1. The molecule has 0 radical (unpaired) electrons. The number of likely N-dealkylation sites (tertiary alicyclic amines) is 1. The number of carboxylic acid groups (broad SMARTS) is 1. The molecule has 5 rings (SSSR count). The van der Waals surface area contributed by atoms with Gasteiger partial charge in [0.05, 0.1) is 34.9 Å². The zero-order valence-electron chi connectivity index (χ0n) is 24.3. The average molecular weight is 621 g/mol. The number of fused-ring (bicyclic) bond motifs is 1. The molecule has 3 N–H and O–H groups in total. The van der Waals surface area contributed by atoms with E-state index in [2.05, 4.69) is 4.98 Å². The van der Waals surface area contributed by atoms with Crippen LogP contribution in [0, 0.1) is 11.7 Å². The van der Waals surface area contributed by atoms with Crippen molar-refractivity contribution >= 4 is 38.2 Å². The van der Waals surface area contributed by atoms with E-state index in [4.69, 9.17) is 10.6 Å². The van der Waals surface area contributed by atoms with Crippen LogP contribution in [0.5, 0.6) is 5.75 Å². The normalized spacial score (nSPS) is 17.4. The molecule has 0 aliphatic carbocycles. The third kappa shape index (κ3) is 5.82. The summed E-state index contributed by atoms with van der Waals surface area (Å²) in [6.45, 7) is 3.43. The number of aromatic nitrogens is 1. The summed E-state index contributed by atoms with van der Waals surface area (Å²) >= 11 is 0. The van der Waals surface area contributed by atoms with Gasteiger partial charge in [0.15, 0.2) is 21.4 Å². The number of aliphatic carboxylic acids is 1. The Bertz CT molecular complexity index is 1820. The van der Waals surface area contributed by atoms with Crippen molar-refractivity contribution in [1.29, 1.82) is 0 Å². The van der Waals surface area contributed by atoms with Gasteiger partial charge in [0.1, 0.15) is 6.04 Å². The molecule has 1 saturated heterocycles. The minimum atomic E-state index is -3.76. The highest BCUT2D eigenvalue weighted by Gasteiger charge is 2.46. The van der Waals surface area contributed by atoms with Gasteiger partial charge in [-0.25, -0.2) is 18.7 Å². The number of hydrazine groups is 1. The molecule has 3 aromatic carbocycles. The first kappa shape index (κ1) is 30.9. The van der Waals surface area contributed by atoms with Crippen LogP contribution in [-0.2, 0) is 19.4 Å². The number of amides is 1. The summed E-state index contributed by atoms with van der Waals surface area (Å²) in [6, 6.07) is 15.0. The molecule has 44 heavy (non-hydrogen) atoms. The second-order valence-corrected chi connectivity index (χ2v) is 12.7. The third-order valence-electron chi connectivity index (χ3n) is 7.96. The number of carboxylic acids is 1. The molecular formula is C32H33FN4O6S. The second-order valence-electron chi connectivity index (χ2n) is 10.5. The molecule has 12 heteroatoms. The number of hydrogen-bond donors (Lipinski definition) is 2. The molecule has 0 bridgehead atoms. The Hall–Kier alpha value is -4.55. The van der Waals surface area contributed by atoms with Gasteiger partial charge in [-0.15, -0.1) is 0 Å². The van der Waals surface area contributed by atoms with Crippen molar-refractivity contribution in [2.45, 2.75) is 37.2 Å². The second kappa shape index (κ2) is 12.6. The molecule has 0 saturated carbocycles. The maximum Gasteiger partial charge on any atom is 0.309 e. The summed E-state index contributed by atoms with van der Waals surface area (Å²) in [5, 5.41) is 13.1. The molecule has 10 nitrogen and oxygen atoms in total. The molecule has 1 aliphatic rings. The minimum absolute atomic E-state index is 0.0249. The number of anilines is 1. The Morgan fingerprint density at radius 2 is 1.89 bits per heavy atom. The summed E-state index contributed by atoms with van der Waals surface area (Å²) < 4.78 is 46.3. The van der Waals surface area contributed by atoms with Crippen LogP contribution in [-0.4, -0.2) is 54.2 Å². The number of carbonyl (C=O) groups is 2. The van der Waals surface area contributed by atoms with Crippen LogP contribution in [0.1, 0.15) is 43.5 Å². The van der Waals surface area contributed by atoms with Gasteiger partial charge >= 0.3 is 5.97 Å². The molecule has 4 aromatic rings. The lowest BCUT2D eigenvalue weighted by molar-refractivity contribution is -0.143. The first-order chi connectivity index (χ1) is 21.1. The van der Waals surface area contributed by atoms with E-state index >= 15 is 0 Å². The average Bonchev–Trinajstić information content (AvgIpc) is 3.48. The molecule has 1 fully saturated rings. The summed E-state index contributed by atoms with van der Waals surface area (Å²) in [6.07, 6.45) is 3.42. The van der Waals surface area contributed by atoms with Crippen molar-refractivity contribution < 1.29 is 32.2 Å². The first-order valence-corrected chi connectivity index (χ1v) is 15.9. The Balaban J connectivity index is 1.66. The number of nitrogens with zero attached hydrogens (tertiary/aromatic N) is 3. The van der Waals surface area contributed by atoms with Crippen molar-refractivity contribution in [1.82, 2.24) is 9.88 Å². The highest BCUT2D eigenvalue weighted by Crippen LogP contribution is 2.43. The van der Waals surface area contributed by atoms with E-state index in [1.54, 1.807) is 61.8 Å². The van der Waals surface area contributed by atoms with Gasteiger partial charge in [-0.3, -0.25) is 19.6 Å². The smallest absolute Gasteiger partial charge is 0.309 e. The topological polar surface area (TPSA) is 143 Å². The van der Waals surface area contributed by atoms with E-state index in [9.17, 15) is 27.5 Å². The molecule has 3 atom stereocenters. The van der Waals surface area contributed by atoms with Crippen molar-refractivity contribution in [3.8, 4) is 5.75 Å². The summed E-state index contributed by atoms with van der Waals surface area (Å²) in [4.78, 5) is 32.6. The predicted molar refractivity (Wildman–Crippen MR) is 163 cm³/mol. The SMILES string of the molecule is CCOc1cc([C@H](C(=O)N2CCC(C(=O)O)C2c2ccccc2S(=O)(=O)CC)N(N)c2ccc3cnccc3c2)ccc1F. The lowest BCUT2D eigenvalue weighted by Crippen LogP contribution is -2.47. The van der Waals surface area contributed by atoms with Crippen molar-refractivity contribution in [2.24, 2.45) is 11.8 Å². The van der Waals surface area contributed by atoms with Crippen LogP contribution in [0.3, 0.4) is 0 Å². The van der Waals surface area contributed by atoms with Crippen LogP contribution < -0.4 is 15.6 Å². The number of nitrogens with two attached hydrogens (primary N) is 1. The third-order valence-corrected chi connectivity index (χ3v) is 9.76. The Kier molecular flexibility index (Phi) is 8.84. The summed E-state index contributed by atoms with van der Waals surface area (Å²) in [5.74, 6) is 3.03. The molecule has 2 unspecified atom stereocenters. The number of hydrogen-bond acceptors (Lipinski definition) is 8. The van der Waals surface area contributed by atoms with E-state index in [1.807, 2.05) is 0 Å². The fourth-order valence-corrected chi connectivity index (χ4v) is 6.91. The Morgan fingerprint density at radius 1 is 1.11 bits per heavy atom. The van der Waals surface area contributed by atoms with Crippen molar-refractivity contribution in [3.05, 3.63) is 96.1 Å². The predicted octanol–water partition coefficient (Wildman–Crippen LogP) is 4.66. The number of carbonyl (C=O) groups excluding carboxylic acids is 1. The summed E-state index contributed by atoms with van der Waals surface area (Å²) in [5.41, 5.74) is 0.996. The number of benzene rings is 3. The maximum absolute atomic E-state index is 14.7. The minimum Gasteiger partial charge on any atom is -0.491 e. The molecular weight excluding hydrogens is 587 g/mol. The van der Waals surface area contributed by atoms with E-state index in [0.29, 0.717) is 11.3 Å². The van der Waals surface area contributed by atoms with Gasteiger partial charge in [-0.1, -0.05) is 37.3 Å². The quantitative estimate of drug-likeness (QED) is 0.191. The van der Waals surface area contributed by atoms with Crippen LogP contribution in [0.25, 0.3) is 10.8 Å². The number of rotatable bonds is 10. The fraction of sp³-hybridized carbons (Fsp3) is 0.281. The zero-order chi connectivity index (χ0) is 31.6. The monoisotopic (exact) mass is 620 g/mol. The number of sulfone groups is 1. The first-order valence-electron chi connectivity index (χ1n) is 14.2. The molecule has 1 amide bonds.